The van der Waals surface area contributed by atoms with Crippen LogP contribution in [-0.4, -0.2) is 29.0 Å². The van der Waals surface area contributed by atoms with E-state index in [1.54, 1.807) is 0 Å². The van der Waals surface area contributed by atoms with Crippen molar-refractivity contribution in [2.75, 3.05) is 13.2 Å². The minimum absolute atomic E-state index is 0.0595. The predicted molar refractivity (Wildman–Crippen MR) is 66.3 cm³/mol. The van der Waals surface area contributed by atoms with Crippen molar-refractivity contribution < 1.29 is 14.6 Å². The number of ether oxygens (including phenoxy) is 1. The lowest BCUT2D eigenvalue weighted by Crippen LogP contribution is -2.28. The second-order valence-electron chi connectivity index (χ2n) is 4.27. The highest BCUT2D eigenvalue weighted by Crippen LogP contribution is 2.31. The fourth-order valence-electron chi connectivity index (χ4n) is 1.97. The van der Waals surface area contributed by atoms with Crippen molar-refractivity contribution in [3.05, 3.63) is 38.4 Å². The molecule has 1 aromatic rings. The molecule has 8 nitrogen and oxygen atoms in total. The molecule has 1 aliphatic heterocycles. The third-order valence-electron chi connectivity index (χ3n) is 2.95. The second-order valence-corrected chi connectivity index (χ2v) is 4.27. The molecule has 102 valence electrons. The van der Waals surface area contributed by atoms with Crippen molar-refractivity contribution in [3.8, 4) is 5.75 Å². The quantitative estimate of drug-likeness (QED) is 0.641. The number of hydrogen-bond donors (Lipinski definition) is 1. The van der Waals surface area contributed by atoms with Crippen LogP contribution in [0.15, 0.2) is 18.2 Å². The van der Waals surface area contributed by atoms with Gasteiger partial charge in [0.25, 0.3) is 5.69 Å². The van der Waals surface area contributed by atoms with E-state index in [9.17, 15) is 20.2 Å². The van der Waals surface area contributed by atoms with Crippen LogP contribution in [0.25, 0.3) is 0 Å². The topological polar surface area (TPSA) is 108 Å². The number of benzene rings is 1. The van der Waals surface area contributed by atoms with Gasteiger partial charge in [0.05, 0.1) is 15.9 Å². The molecule has 8 heteroatoms. The van der Waals surface area contributed by atoms with E-state index in [2.05, 4.69) is 5.32 Å². The number of hydrogen-bond acceptors (Lipinski definition) is 6. The van der Waals surface area contributed by atoms with Crippen molar-refractivity contribution in [2.45, 2.75) is 18.9 Å². The molecular formula is C11H13N3O5. The monoisotopic (exact) mass is 267 g/mol. The van der Waals surface area contributed by atoms with Gasteiger partial charge in [-0.25, -0.2) is 0 Å². The summed E-state index contributed by atoms with van der Waals surface area (Å²) in [4.78, 5) is 20.1. The minimum atomic E-state index is -0.676. The number of non-ortho nitro benzene ring substituents is 1. The van der Waals surface area contributed by atoms with Crippen LogP contribution < -0.4 is 10.1 Å². The SMILES string of the molecule is O=[N+]([O-])c1ccc(OCC2CCCN2)c([N+](=O)[O-])c1. The van der Waals surface area contributed by atoms with Crippen molar-refractivity contribution in [1.29, 1.82) is 0 Å². The summed E-state index contributed by atoms with van der Waals surface area (Å²) >= 11 is 0. The first-order valence-corrected chi connectivity index (χ1v) is 5.87. The van der Waals surface area contributed by atoms with Gasteiger partial charge >= 0.3 is 5.69 Å². The Kier molecular flexibility index (Phi) is 3.91. The number of rotatable bonds is 5. The van der Waals surface area contributed by atoms with Crippen LogP contribution in [0.2, 0.25) is 0 Å². The summed E-state index contributed by atoms with van der Waals surface area (Å²) < 4.78 is 5.39. The van der Waals surface area contributed by atoms with E-state index < -0.39 is 9.85 Å². The van der Waals surface area contributed by atoms with E-state index in [4.69, 9.17) is 4.74 Å². The molecule has 1 aromatic carbocycles. The fourth-order valence-corrected chi connectivity index (χ4v) is 1.97. The number of nitro benzene ring substituents is 2. The Bertz CT molecular complexity index is 499. The number of nitrogens with zero attached hydrogens (tertiary/aromatic N) is 2. The van der Waals surface area contributed by atoms with E-state index in [1.807, 2.05) is 0 Å². The summed E-state index contributed by atoms with van der Waals surface area (Å²) in [6.45, 7) is 1.23. The Labute approximate surface area is 108 Å². The maximum Gasteiger partial charge on any atom is 0.317 e. The van der Waals surface area contributed by atoms with E-state index in [0.29, 0.717) is 6.61 Å². The van der Waals surface area contributed by atoms with Crippen LogP contribution in [0.4, 0.5) is 11.4 Å². The molecule has 1 N–H and O–H groups in total. The van der Waals surface area contributed by atoms with Crippen LogP contribution in [-0.2, 0) is 0 Å². The smallest absolute Gasteiger partial charge is 0.317 e. The zero-order chi connectivity index (χ0) is 13.8. The lowest BCUT2D eigenvalue weighted by molar-refractivity contribution is -0.394. The van der Waals surface area contributed by atoms with E-state index in [0.717, 1.165) is 25.5 Å². The normalized spacial score (nSPS) is 18.2. The summed E-state index contributed by atoms with van der Waals surface area (Å²) in [5.41, 5.74) is -0.703. The summed E-state index contributed by atoms with van der Waals surface area (Å²) in [6.07, 6.45) is 2.01. The van der Waals surface area contributed by atoms with Gasteiger partial charge in [-0.3, -0.25) is 20.2 Å². The predicted octanol–water partition coefficient (Wildman–Crippen LogP) is 1.63. The molecule has 1 saturated heterocycles. The van der Waals surface area contributed by atoms with E-state index in [1.165, 1.54) is 12.1 Å². The maximum atomic E-state index is 10.9. The minimum Gasteiger partial charge on any atom is -0.485 e. The second kappa shape index (κ2) is 5.61. The molecule has 1 fully saturated rings. The molecule has 1 unspecified atom stereocenters. The lowest BCUT2D eigenvalue weighted by Gasteiger charge is -2.11. The van der Waals surface area contributed by atoms with Crippen LogP contribution in [0, 0.1) is 20.2 Å². The van der Waals surface area contributed by atoms with Gasteiger partial charge in [-0.15, -0.1) is 0 Å². The molecular weight excluding hydrogens is 254 g/mol. The first-order valence-electron chi connectivity index (χ1n) is 5.87. The zero-order valence-electron chi connectivity index (χ0n) is 10.1. The number of nitro groups is 2. The van der Waals surface area contributed by atoms with Crippen LogP contribution in [0.3, 0.4) is 0 Å². The van der Waals surface area contributed by atoms with Crippen LogP contribution in [0.1, 0.15) is 12.8 Å². The molecule has 0 amide bonds. The molecule has 0 radical (unpaired) electrons. The fraction of sp³-hybridized carbons (Fsp3) is 0.455. The van der Waals surface area contributed by atoms with Gasteiger partial charge in [0.1, 0.15) is 6.61 Å². The first kappa shape index (κ1) is 13.2. The zero-order valence-corrected chi connectivity index (χ0v) is 10.1. The third-order valence-corrected chi connectivity index (χ3v) is 2.95. The van der Waals surface area contributed by atoms with Gasteiger partial charge in [-0.1, -0.05) is 0 Å². The molecule has 0 saturated carbocycles. The molecule has 0 spiro atoms. The van der Waals surface area contributed by atoms with Crippen molar-refractivity contribution in [2.24, 2.45) is 0 Å². The van der Waals surface area contributed by atoms with Crippen molar-refractivity contribution >= 4 is 11.4 Å². The average molecular weight is 267 g/mol. The van der Waals surface area contributed by atoms with Crippen molar-refractivity contribution in [1.82, 2.24) is 5.32 Å². The standard InChI is InChI=1S/C11H13N3O5/c15-13(16)9-3-4-11(10(6-9)14(17)18)19-7-8-2-1-5-12-8/h3-4,6,8,12H,1-2,5,7H2. The Hall–Kier alpha value is -2.22. The van der Waals surface area contributed by atoms with Gasteiger partial charge in [0.2, 0.25) is 0 Å². The molecule has 0 aromatic heterocycles. The van der Waals surface area contributed by atoms with Gasteiger partial charge < -0.3 is 10.1 Å². The molecule has 1 aliphatic rings. The van der Waals surface area contributed by atoms with Gasteiger partial charge in [-0.2, -0.15) is 0 Å². The Morgan fingerprint density at radius 3 is 2.68 bits per heavy atom. The summed E-state index contributed by atoms with van der Waals surface area (Å²) in [5, 5.41) is 24.7. The maximum absolute atomic E-state index is 10.9. The highest BCUT2D eigenvalue weighted by molar-refractivity contribution is 5.53. The van der Waals surface area contributed by atoms with E-state index in [-0.39, 0.29) is 23.2 Å². The largest absolute Gasteiger partial charge is 0.485 e. The lowest BCUT2D eigenvalue weighted by atomic mass is 10.2. The van der Waals surface area contributed by atoms with Crippen molar-refractivity contribution in [3.63, 3.8) is 0 Å². The molecule has 2 rings (SSSR count). The molecule has 0 bridgehead atoms. The van der Waals surface area contributed by atoms with Gasteiger partial charge in [0.15, 0.2) is 5.75 Å². The third kappa shape index (κ3) is 3.16. The van der Waals surface area contributed by atoms with Crippen LogP contribution in [0.5, 0.6) is 5.75 Å². The van der Waals surface area contributed by atoms with E-state index >= 15 is 0 Å². The summed E-state index contributed by atoms with van der Waals surface area (Å²) in [6, 6.07) is 3.56. The van der Waals surface area contributed by atoms with Crippen LogP contribution >= 0.6 is 0 Å². The number of nitrogens with one attached hydrogen (secondary N) is 1. The first-order chi connectivity index (χ1) is 9.08. The molecule has 1 heterocycles. The highest BCUT2D eigenvalue weighted by atomic mass is 16.6. The Morgan fingerprint density at radius 1 is 1.32 bits per heavy atom. The highest BCUT2D eigenvalue weighted by Gasteiger charge is 2.22. The Morgan fingerprint density at radius 2 is 2.11 bits per heavy atom. The average Bonchev–Trinajstić information content (AvgIpc) is 2.89. The summed E-state index contributed by atoms with van der Waals surface area (Å²) in [7, 11) is 0. The molecule has 0 aliphatic carbocycles. The summed E-state index contributed by atoms with van der Waals surface area (Å²) in [5.74, 6) is 0.0595. The Balaban J connectivity index is 2.14. The van der Waals surface area contributed by atoms with Gasteiger partial charge in [0, 0.05) is 12.1 Å². The molecule has 19 heavy (non-hydrogen) atoms. The van der Waals surface area contributed by atoms with Gasteiger partial charge in [-0.05, 0) is 25.5 Å². The molecule has 1 atom stereocenters.